The van der Waals surface area contributed by atoms with Crippen molar-refractivity contribution < 1.29 is 17.9 Å². The summed E-state index contributed by atoms with van der Waals surface area (Å²) >= 11 is 0. The maximum absolute atomic E-state index is 13.8. The summed E-state index contributed by atoms with van der Waals surface area (Å²) < 4.78 is 34.2. The Balaban J connectivity index is 1.61. The van der Waals surface area contributed by atoms with Gasteiger partial charge in [0.25, 0.3) is 15.9 Å². The van der Waals surface area contributed by atoms with Crippen molar-refractivity contribution in [3.8, 4) is 5.75 Å². The Morgan fingerprint density at radius 2 is 1.50 bits per heavy atom. The molecule has 7 nitrogen and oxygen atoms in total. The van der Waals surface area contributed by atoms with Gasteiger partial charge in [-0.05, 0) is 59.7 Å². The minimum absolute atomic E-state index is 0.0475. The number of ether oxygens (including phenoxy) is 1. The SMILES string of the molecule is C=CCOc1ccc(/C=N\NC(=O)c2ccccc2N(Cc2ccccc2)S(=O)(=O)c2ccccc2)cc1. The first-order valence-corrected chi connectivity index (χ1v) is 13.3. The summed E-state index contributed by atoms with van der Waals surface area (Å²) in [7, 11) is -3.99. The molecule has 0 radical (unpaired) electrons. The summed E-state index contributed by atoms with van der Waals surface area (Å²) in [6.07, 6.45) is 3.16. The highest BCUT2D eigenvalue weighted by atomic mass is 32.2. The molecule has 0 aliphatic carbocycles. The van der Waals surface area contributed by atoms with Crippen LogP contribution >= 0.6 is 0 Å². The van der Waals surface area contributed by atoms with E-state index in [-0.39, 0.29) is 22.7 Å². The Morgan fingerprint density at radius 3 is 2.18 bits per heavy atom. The third kappa shape index (κ3) is 6.54. The van der Waals surface area contributed by atoms with Crippen LogP contribution in [0.2, 0.25) is 0 Å². The van der Waals surface area contributed by atoms with Crippen LogP contribution in [0.4, 0.5) is 5.69 Å². The van der Waals surface area contributed by atoms with E-state index in [0.717, 1.165) is 11.1 Å². The maximum atomic E-state index is 13.8. The lowest BCUT2D eigenvalue weighted by atomic mass is 10.1. The fraction of sp³-hybridized carbons (Fsp3) is 0.0667. The van der Waals surface area contributed by atoms with Crippen molar-refractivity contribution in [1.82, 2.24) is 5.43 Å². The lowest BCUT2D eigenvalue weighted by Gasteiger charge is -2.26. The Labute approximate surface area is 222 Å². The smallest absolute Gasteiger partial charge is 0.273 e. The molecule has 0 spiro atoms. The molecule has 0 saturated heterocycles. The summed E-state index contributed by atoms with van der Waals surface area (Å²) in [6, 6.07) is 31.1. The van der Waals surface area contributed by atoms with Crippen LogP contribution in [0.5, 0.6) is 5.75 Å². The number of rotatable bonds is 11. The van der Waals surface area contributed by atoms with Gasteiger partial charge >= 0.3 is 0 Å². The van der Waals surface area contributed by atoms with Gasteiger partial charge in [-0.25, -0.2) is 13.8 Å². The molecular formula is C30H27N3O4S. The number of amides is 1. The number of hydrogen-bond acceptors (Lipinski definition) is 5. The van der Waals surface area contributed by atoms with Crippen LogP contribution in [0.1, 0.15) is 21.5 Å². The monoisotopic (exact) mass is 525 g/mol. The second-order valence-electron chi connectivity index (χ2n) is 8.20. The summed E-state index contributed by atoms with van der Waals surface area (Å²) in [5.41, 5.74) is 4.46. The second kappa shape index (κ2) is 12.5. The van der Waals surface area contributed by atoms with Gasteiger partial charge in [-0.2, -0.15) is 5.10 Å². The van der Waals surface area contributed by atoms with Crippen LogP contribution in [0.25, 0.3) is 0 Å². The zero-order chi connectivity index (χ0) is 26.8. The molecule has 0 unspecified atom stereocenters. The van der Waals surface area contributed by atoms with Gasteiger partial charge in [0.2, 0.25) is 0 Å². The van der Waals surface area contributed by atoms with Gasteiger partial charge < -0.3 is 4.74 Å². The highest BCUT2D eigenvalue weighted by molar-refractivity contribution is 7.92. The van der Waals surface area contributed by atoms with Crippen molar-refractivity contribution in [2.45, 2.75) is 11.4 Å². The number of anilines is 1. The van der Waals surface area contributed by atoms with Gasteiger partial charge in [-0.1, -0.05) is 73.3 Å². The first-order valence-electron chi connectivity index (χ1n) is 11.9. The van der Waals surface area contributed by atoms with Crippen molar-refractivity contribution in [3.05, 3.63) is 139 Å². The van der Waals surface area contributed by atoms with Gasteiger partial charge in [-0.3, -0.25) is 9.10 Å². The molecule has 0 heterocycles. The third-order valence-corrected chi connectivity index (χ3v) is 7.32. The molecule has 4 rings (SSSR count). The average Bonchev–Trinajstić information content (AvgIpc) is 2.96. The number of para-hydroxylation sites is 1. The first kappa shape index (κ1) is 26.4. The van der Waals surface area contributed by atoms with Gasteiger partial charge in [-0.15, -0.1) is 0 Å². The minimum Gasteiger partial charge on any atom is -0.490 e. The van der Waals surface area contributed by atoms with Crippen LogP contribution < -0.4 is 14.5 Å². The maximum Gasteiger partial charge on any atom is 0.273 e. The molecule has 0 aliphatic heterocycles. The Bertz CT molecular complexity index is 1500. The third-order valence-electron chi connectivity index (χ3n) is 5.55. The molecule has 4 aromatic rings. The Kier molecular flexibility index (Phi) is 8.69. The molecule has 0 fully saturated rings. The largest absolute Gasteiger partial charge is 0.490 e. The minimum atomic E-state index is -3.99. The molecule has 8 heteroatoms. The van der Waals surface area contributed by atoms with E-state index in [1.807, 2.05) is 30.3 Å². The van der Waals surface area contributed by atoms with Crippen LogP contribution in [-0.4, -0.2) is 27.1 Å². The molecule has 0 atom stereocenters. The zero-order valence-electron chi connectivity index (χ0n) is 20.6. The Hall–Kier alpha value is -4.69. The molecule has 1 N–H and O–H groups in total. The number of benzene rings is 4. The summed E-state index contributed by atoms with van der Waals surface area (Å²) in [6.45, 7) is 4.07. The van der Waals surface area contributed by atoms with Gasteiger partial charge in [0.15, 0.2) is 0 Å². The topological polar surface area (TPSA) is 88.1 Å². The summed E-state index contributed by atoms with van der Waals surface area (Å²) in [4.78, 5) is 13.3. The van der Waals surface area contributed by atoms with Crippen molar-refractivity contribution in [2.24, 2.45) is 5.10 Å². The van der Waals surface area contributed by atoms with E-state index in [0.29, 0.717) is 12.4 Å². The van der Waals surface area contributed by atoms with E-state index in [1.54, 1.807) is 72.8 Å². The van der Waals surface area contributed by atoms with E-state index in [2.05, 4.69) is 17.1 Å². The van der Waals surface area contributed by atoms with E-state index in [4.69, 9.17) is 4.74 Å². The zero-order valence-corrected chi connectivity index (χ0v) is 21.4. The van der Waals surface area contributed by atoms with Gasteiger partial charge in [0.05, 0.1) is 28.9 Å². The Morgan fingerprint density at radius 1 is 0.868 bits per heavy atom. The second-order valence-corrected chi connectivity index (χ2v) is 10.1. The van der Waals surface area contributed by atoms with E-state index in [9.17, 15) is 13.2 Å². The highest BCUT2D eigenvalue weighted by Crippen LogP contribution is 2.29. The molecule has 0 aliphatic rings. The van der Waals surface area contributed by atoms with Crippen LogP contribution in [-0.2, 0) is 16.6 Å². The lowest BCUT2D eigenvalue weighted by Crippen LogP contribution is -2.33. The molecule has 0 aromatic heterocycles. The number of nitrogens with zero attached hydrogens (tertiary/aromatic N) is 2. The number of carbonyl (C=O) groups is 1. The van der Waals surface area contributed by atoms with Crippen molar-refractivity contribution >= 4 is 27.8 Å². The number of nitrogens with one attached hydrogen (secondary N) is 1. The number of sulfonamides is 1. The predicted octanol–water partition coefficient (Wildman–Crippen LogP) is 5.41. The number of carbonyl (C=O) groups excluding carboxylic acids is 1. The predicted molar refractivity (Wildman–Crippen MR) is 150 cm³/mol. The molecule has 4 aromatic carbocycles. The summed E-state index contributed by atoms with van der Waals surface area (Å²) in [5, 5.41) is 4.07. The molecule has 192 valence electrons. The molecule has 1 amide bonds. The summed E-state index contributed by atoms with van der Waals surface area (Å²) in [5.74, 6) is 0.155. The average molecular weight is 526 g/mol. The molecule has 0 bridgehead atoms. The van der Waals surface area contributed by atoms with Gasteiger partial charge in [0.1, 0.15) is 12.4 Å². The quantitative estimate of drug-likeness (QED) is 0.161. The highest BCUT2D eigenvalue weighted by Gasteiger charge is 2.28. The van der Waals surface area contributed by atoms with E-state index < -0.39 is 15.9 Å². The van der Waals surface area contributed by atoms with Crippen LogP contribution in [0.3, 0.4) is 0 Å². The van der Waals surface area contributed by atoms with Gasteiger partial charge in [0, 0.05) is 0 Å². The van der Waals surface area contributed by atoms with E-state index >= 15 is 0 Å². The molecule has 38 heavy (non-hydrogen) atoms. The molecule has 0 saturated carbocycles. The van der Waals surface area contributed by atoms with Crippen LogP contribution in [0, 0.1) is 0 Å². The van der Waals surface area contributed by atoms with Crippen molar-refractivity contribution in [2.75, 3.05) is 10.9 Å². The fourth-order valence-corrected chi connectivity index (χ4v) is 5.18. The normalized spacial score (nSPS) is 11.2. The standard InChI is InChI=1S/C30H27N3O4S/c1-2-21-37-26-19-17-24(18-20-26)22-31-32-30(34)28-15-9-10-16-29(28)33(23-25-11-5-3-6-12-25)38(35,36)27-13-7-4-8-14-27/h2-20,22H,1,21,23H2,(H,32,34)/b31-22-. The van der Waals surface area contributed by atoms with E-state index in [1.165, 1.54) is 22.7 Å². The molecular weight excluding hydrogens is 498 g/mol. The number of hydrazone groups is 1. The number of hydrogen-bond donors (Lipinski definition) is 1. The van der Waals surface area contributed by atoms with Crippen molar-refractivity contribution in [1.29, 1.82) is 0 Å². The first-order chi connectivity index (χ1) is 18.5. The van der Waals surface area contributed by atoms with Crippen LogP contribution in [0.15, 0.2) is 132 Å². The van der Waals surface area contributed by atoms with Crippen molar-refractivity contribution in [3.63, 3.8) is 0 Å². The lowest BCUT2D eigenvalue weighted by molar-refractivity contribution is 0.0955. The fourth-order valence-electron chi connectivity index (χ4n) is 3.68.